The molecule has 0 saturated heterocycles. The molecule has 7 nitrogen and oxygen atoms in total. The normalized spacial score (nSPS) is 11.5. The van der Waals surface area contributed by atoms with Crippen molar-refractivity contribution in [2.45, 2.75) is 18.9 Å². The number of hydrogen-bond donors (Lipinski definition) is 4. The second-order valence-corrected chi connectivity index (χ2v) is 5.49. The summed E-state index contributed by atoms with van der Waals surface area (Å²) >= 11 is 0. The van der Waals surface area contributed by atoms with E-state index >= 15 is 0 Å². The van der Waals surface area contributed by atoms with Crippen LogP contribution in [0.4, 0.5) is 0 Å². The quantitative estimate of drug-likeness (QED) is 0.606. The monoisotopic (exact) mass is 342 g/mol. The van der Waals surface area contributed by atoms with Gasteiger partial charge in [0.05, 0.1) is 0 Å². The van der Waals surface area contributed by atoms with E-state index in [-0.39, 0.29) is 18.6 Å². The molecule has 0 saturated carbocycles. The SMILES string of the molecule is NC(=O)C(CCC(=O)O)NC(=O)c1cccc(-c2cccc(O)c2)c1. The van der Waals surface area contributed by atoms with E-state index in [0.29, 0.717) is 11.1 Å². The fourth-order valence-corrected chi connectivity index (χ4v) is 2.32. The zero-order chi connectivity index (χ0) is 18.4. The van der Waals surface area contributed by atoms with Crippen LogP contribution >= 0.6 is 0 Å². The van der Waals surface area contributed by atoms with Gasteiger partial charge in [0.1, 0.15) is 11.8 Å². The lowest BCUT2D eigenvalue weighted by molar-refractivity contribution is -0.137. The van der Waals surface area contributed by atoms with Gasteiger partial charge in [-0.25, -0.2) is 0 Å². The van der Waals surface area contributed by atoms with Gasteiger partial charge in [0, 0.05) is 12.0 Å². The third-order valence-electron chi connectivity index (χ3n) is 3.60. The second kappa shape index (κ2) is 7.96. The molecule has 0 radical (unpaired) electrons. The van der Waals surface area contributed by atoms with Gasteiger partial charge in [0.15, 0.2) is 0 Å². The van der Waals surface area contributed by atoms with Crippen LogP contribution < -0.4 is 11.1 Å². The summed E-state index contributed by atoms with van der Waals surface area (Å²) < 4.78 is 0. The number of carbonyl (C=O) groups is 3. The highest BCUT2D eigenvalue weighted by Crippen LogP contribution is 2.24. The van der Waals surface area contributed by atoms with Crippen LogP contribution in [0.1, 0.15) is 23.2 Å². The molecule has 0 heterocycles. The molecule has 130 valence electrons. The number of nitrogens with one attached hydrogen (secondary N) is 1. The first kappa shape index (κ1) is 18.0. The molecule has 7 heteroatoms. The maximum Gasteiger partial charge on any atom is 0.303 e. The molecule has 0 aliphatic heterocycles. The molecule has 1 atom stereocenters. The number of benzene rings is 2. The van der Waals surface area contributed by atoms with Crippen molar-refractivity contribution in [3.05, 3.63) is 54.1 Å². The van der Waals surface area contributed by atoms with Gasteiger partial charge < -0.3 is 21.3 Å². The molecule has 0 aliphatic rings. The summed E-state index contributed by atoms with van der Waals surface area (Å²) in [6.07, 6.45) is -0.361. The van der Waals surface area contributed by atoms with E-state index in [9.17, 15) is 19.5 Å². The number of carboxylic acids is 1. The van der Waals surface area contributed by atoms with E-state index < -0.39 is 23.8 Å². The van der Waals surface area contributed by atoms with Crippen molar-refractivity contribution in [2.24, 2.45) is 5.73 Å². The number of amides is 2. The molecular formula is C18H18N2O5. The van der Waals surface area contributed by atoms with Gasteiger partial charge in [0.2, 0.25) is 5.91 Å². The summed E-state index contributed by atoms with van der Waals surface area (Å²) in [4.78, 5) is 34.4. The number of nitrogens with two attached hydrogens (primary N) is 1. The fourth-order valence-electron chi connectivity index (χ4n) is 2.32. The summed E-state index contributed by atoms with van der Waals surface area (Å²) in [6.45, 7) is 0. The number of rotatable bonds is 7. The van der Waals surface area contributed by atoms with E-state index in [1.165, 1.54) is 0 Å². The van der Waals surface area contributed by atoms with E-state index in [2.05, 4.69) is 5.32 Å². The smallest absolute Gasteiger partial charge is 0.303 e. The molecular weight excluding hydrogens is 324 g/mol. The second-order valence-electron chi connectivity index (χ2n) is 5.49. The van der Waals surface area contributed by atoms with Crippen LogP contribution in [0.25, 0.3) is 11.1 Å². The summed E-state index contributed by atoms with van der Waals surface area (Å²) in [7, 11) is 0. The van der Waals surface area contributed by atoms with Crippen molar-refractivity contribution in [1.29, 1.82) is 0 Å². The molecule has 0 spiro atoms. The number of primary amides is 1. The highest BCUT2D eigenvalue weighted by Gasteiger charge is 2.20. The summed E-state index contributed by atoms with van der Waals surface area (Å²) in [5.41, 5.74) is 6.95. The number of carboxylic acid groups (broad SMARTS) is 1. The molecule has 0 bridgehead atoms. The fraction of sp³-hybridized carbons (Fsp3) is 0.167. The Bertz CT molecular complexity index is 804. The molecule has 0 aromatic heterocycles. The molecule has 0 aliphatic carbocycles. The van der Waals surface area contributed by atoms with E-state index in [1.54, 1.807) is 48.5 Å². The Morgan fingerprint density at radius 2 is 1.68 bits per heavy atom. The van der Waals surface area contributed by atoms with Crippen molar-refractivity contribution in [1.82, 2.24) is 5.32 Å². The highest BCUT2D eigenvalue weighted by atomic mass is 16.4. The minimum Gasteiger partial charge on any atom is -0.508 e. The summed E-state index contributed by atoms with van der Waals surface area (Å²) in [5.74, 6) is -2.30. The first-order valence-electron chi connectivity index (χ1n) is 7.58. The molecule has 2 aromatic rings. The molecule has 0 fully saturated rings. The lowest BCUT2D eigenvalue weighted by Crippen LogP contribution is -2.44. The number of phenols is 1. The van der Waals surface area contributed by atoms with Crippen molar-refractivity contribution in [3.8, 4) is 16.9 Å². The van der Waals surface area contributed by atoms with Crippen LogP contribution in [0.3, 0.4) is 0 Å². The average Bonchev–Trinajstić information content (AvgIpc) is 2.58. The number of hydrogen-bond acceptors (Lipinski definition) is 4. The predicted octanol–water partition coefficient (Wildman–Crippen LogP) is 1.51. The first-order chi connectivity index (χ1) is 11.9. The van der Waals surface area contributed by atoms with Gasteiger partial charge in [-0.3, -0.25) is 14.4 Å². The molecule has 5 N–H and O–H groups in total. The Hall–Kier alpha value is -3.35. The number of aromatic hydroxyl groups is 1. The Labute approximate surface area is 144 Å². The van der Waals surface area contributed by atoms with E-state index in [1.807, 2.05) is 0 Å². The van der Waals surface area contributed by atoms with Crippen LogP contribution in [-0.4, -0.2) is 34.0 Å². The van der Waals surface area contributed by atoms with Crippen molar-refractivity contribution < 1.29 is 24.6 Å². The van der Waals surface area contributed by atoms with Gasteiger partial charge in [-0.05, 0) is 41.8 Å². The summed E-state index contributed by atoms with van der Waals surface area (Å²) in [6, 6.07) is 12.1. The van der Waals surface area contributed by atoms with Crippen molar-refractivity contribution in [3.63, 3.8) is 0 Å². The Balaban J connectivity index is 2.17. The van der Waals surface area contributed by atoms with E-state index in [0.717, 1.165) is 5.56 Å². The molecule has 2 aromatic carbocycles. The Morgan fingerprint density at radius 1 is 1.04 bits per heavy atom. The predicted molar refractivity (Wildman–Crippen MR) is 90.9 cm³/mol. The Morgan fingerprint density at radius 3 is 2.28 bits per heavy atom. The maximum atomic E-state index is 12.3. The van der Waals surface area contributed by atoms with E-state index in [4.69, 9.17) is 10.8 Å². The molecule has 2 amide bonds. The zero-order valence-electron chi connectivity index (χ0n) is 13.3. The van der Waals surface area contributed by atoms with Crippen LogP contribution in [0.15, 0.2) is 48.5 Å². The minimum absolute atomic E-state index is 0.0807. The summed E-state index contributed by atoms with van der Waals surface area (Å²) in [5, 5.41) is 20.7. The highest BCUT2D eigenvalue weighted by molar-refractivity contribution is 5.98. The average molecular weight is 342 g/mol. The van der Waals surface area contributed by atoms with Gasteiger partial charge in [-0.2, -0.15) is 0 Å². The number of carbonyl (C=O) groups excluding carboxylic acids is 2. The number of aliphatic carboxylic acids is 1. The molecule has 25 heavy (non-hydrogen) atoms. The largest absolute Gasteiger partial charge is 0.508 e. The third kappa shape index (κ3) is 5.07. The minimum atomic E-state index is -1.08. The van der Waals surface area contributed by atoms with Gasteiger partial charge in [-0.15, -0.1) is 0 Å². The van der Waals surface area contributed by atoms with Gasteiger partial charge in [-0.1, -0.05) is 24.3 Å². The third-order valence-corrected chi connectivity index (χ3v) is 3.60. The molecule has 1 unspecified atom stereocenters. The lowest BCUT2D eigenvalue weighted by Gasteiger charge is -2.15. The van der Waals surface area contributed by atoms with Gasteiger partial charge >= 0.3 is 5.97 Å². The zero-order valence-corrected chi connectivity index (χ0v) is 13.3. The standard InChI is InChI=1S/C18H18N2O5/c19-17(24)15(7-8-16(22)23)20-18(25)13-5-1-3-11(9-13)12-4-2-6-14(21)10-12/h1-6,9-10,15,21H,7-8H2,(H2,19,24)(H,20,25)(H,22,23). The Kier molecular flexibility index (Phi) is 5.73. The van der Waals surface area contributed by atoms with Crippen LogP contribution in [0, 0.1) is 0 Å². The van der Waals surface area contributed by atoms with Crippen LogP contribution in [0.2, 0.25) is 0 Å². The topological polar surface area (TPSA) is 130 Å². The van der Waals surface area contributed by atoms with Gasteiger partial charge in [0.25, 0.3) is 5.91 Å². The number of phenolic OH excluding ortho intramolecular Hbond substituents is 1. The lowest BCUT2D eigenvalue weighted by atomic mass is 10.0. The maximum absolute atomic E-state index is 12.3. The first-order valence-corrected chi connectivity index (χ1v) is 7.58. The van der Waals surface area contributed by atoms with Crippen LogP contribution in [-0.2, 0) is 9.59 Å². The van der Waals surface area contributed by atoms with Crippen LogP contribution in [0.5, 0.6) is 5.75 Å². The molecule has 2 rings (SSSR count). The van der Waals surface area contributed by atoms with Crippen molar-refractivity contribution >= 4 is 17.8 Å². The van der Waals surface area contributed by atoms with Crippen molar-refractivity contribution in [2.75, 3.05) is 0 Å².